The highest BCUT2D eigenvalue weighted by Crippen LogP contribution is 2.42. The molecule has 7 heteroatoms. The zero-order valence-electron chi connectivity index (χ0n) is 23.6. The van der Waals surface area contributed by atoms with Crippen LogP contribution in [0.1, 0.15) is 49.3 Å². The summed E-state index contributed by atoms with van der Waals surface area (Å²) in [5.41, 5.74) is 4.34. The third kappa shape index (κ3) is 5.63. The van der Waals surface area contributed by atoms with E-state index in [2.05, 4.69) is 29.2 Å². The Labute approximate surface area is 231 Å². The van der Waals surface area contributed by atoms with Gasteiger partial charge in [-0.2, -0.15) is 0 Å². The number of amides is 2. The van der Waals surface area contributed by atoms with Gasteiger partial charge in [-0.05, 0) is 73.6 Å². The van der Waals surface area contributed by atoms with Gasteiger partial charge in [-0.15, -0.1) is 0 Å². The first-order chi connectivity index (χ1) is 18.8. The fraction of sp³-hybridized carbons (Fsp3) is 0.500. The van der Waals surface area contributed by atoms with Crippen LogP contribution in [-0.4, -0.2) is 69.1 Å². The smallest absolute Gasteiger partial charge is 0.249 e. The molecule has 0 saturated carbocycles. The van der Waals surface area contributed by atoms with Gasteiger partial charge in [0.1, 0.15) is 5.75 Å². The van der Waals surface area contributed by atoms with E-state index in [1.54, 1.807) is 27.4 Å². The Hall–Kier alpha value is -3.48. The Morgan fingerprint density at radius 1 is 0.872 bits per heavy atom. The van der Waals surface area contributed by atoms with Crippen LogP contribution in [0, 0.1) is 11.3 Å². The Morgan fingerprint density at radius 3 is 2.03 bits per heavy atom. The Kier molecular flexibility index (Phi) is 7.87. The quantitative estimate of drug-likeness (QED) is 0.481. The summed E-state index contributed by atoms with van der Waals surface area (Å²) < 4.78 is 16.3. The number of nitrogens with zero attached hydrogens (tertiary/aromatic N) is 2. The van der Waals surface area contributed by atoms with Gasteiger partial charge in [0.25, 0.3) is 0 Å². The van der Waals surface area contributed by atoms with Gasteiger partial charge in [0.2, 0.25) is 11.8 Å². The van der Waals surface area contributed by atoms with E-state index in [-0.39, 0.29) is 17.2 Å². The zero-order valence-corrected chi connectivity index (χ0v) is 23.6. The summed E-state index contributed by atoms with van der Waals surface area (Å²) in [6, 6.07) is 12.2. The van der Waals surface area contributed by atoms with Crippen molar-refractivity contribution in [2.45, 2.75) is 45.4 Å². The molecule has 0 atom stereocenters. The van der Waals surface area contributed by atoms with Crippen molar-refractivity contribution in [3.05, 3.63) is 58.7 Å². The standard InChI is InChI=1S/C32H40N2O5/c1-22(15-26-19-28(38-3)29(39-4)20-27(26)37-2)31(36)34-14-11-32(21-34)9-12-33(13-10-32)30(35)18-23-16-24-7-5-6-8-25(24)17-23/h5-8,15,19-20,23H,9-14,16-18,21H2,1-4H3. The van der Waals surface area contributed by atoms with Crippen LogP contribution in [0.5, 0.6) is 17.2 Å². The third-order valence-corrected chi connectivity index (χ3v) is 8.95. The first-order valence-electron chi connectivity index (χ1n) is 14.0. The molecule has 0 bridgehead atoms. The first-order valence-corrected chi connectivity index (χ1v) is 14.0. The second-order valence-electron chi connectivity index (χ2n) is 11.4. The number of ether oxygens (including phenoxy) is 3. The molecule has 2 aromatic carbocycles. The lowest BCUT2D eigenvalue weighted by molar-refractivity contribution is -0.135. The van der Waals surface area contributed by atoms with Crippen molar-refractivity contribution in [2.24, 2.45) is 11.3 Å². The van der Waals surface area contributed by atoms with Crippen LogP contribution in [0.3, 0.4) is 0 Å². The van der Waals surface area contributed by atoms with Crippen molar-refractivity contribution >= 4 is 17.9 Å². The molecule has 2 aliphatic heterocycles. The van der Waals surface area contributed by atoms with E-state index in [4.69, 9.17) is 14.2 Å². The summed E-state index contributed by atoms with van der Waals surface area (Å²) >= 11 is 0. The molecular formula is C32H40N2O5. The number of likely N-dealkylation sites (tertiary alicyclic amines) is 2. The molecule has 3 aliphatic rings. The van der Waals surface area contributed by atoms with E-state index < -0.39 is 0 Å². The summed E-state index contributed by atoms with van der Waals surface area (Å²) in [5.74, 6) is 2.54. The fourth-order valence-electron chi connectivity index (χ4n) is 6.63. The topological polar surface area (TPSA) is 68.3 Å². The van der Waals surface area contributed by atoms with Crippen LogP contribution in [0.2, 0.25) is 0 Å². The maximum atomic E-state index is 13.4. The lowest BCUT2D eigenvalue weighted by Crippen LogP contribution is -2.45. The maximum absolute atomic E-state index is 13.4. The van der Waals surface area contributed by atoms with Crippen LogP contribution < -0.4 is 14.2 Å². The molecule has 2 amide bonds. The summed E-state index contributed by atoms with van der Waals surface area (Å²) in [6.07, 6.45) is 7.43. The van der Waals surface area contributed by atoms with E-state index in [1.165, 1.54) is 11.1 Å². The molecule has 0 N–H and O–H groups in total. The van der Waals surface area contributed by atoms with Crippen molar-refractivity contribution in [3.8, 4) is 17.2 Å². The predicted octanol–water partition coefficient (Wildman–Crippen LogP) is 4.76. The van der Waals surface area contributed by atoms with Gasteiger partial charge in [-0.25, -0.2) is 0 Å². The normalized spacial score (nSPS) is 18.8. The number of hydrogen-bond donors (Lipinski definition) is 0. The predicted molar refractivity (Wildman–Crippen MR) is 151 cm³/mol. The van der Waals surface area contributed by atoms with Crippen molar-refractivity contribution < 1.29 is 23.8 Å². The molecule has 5 rings (SSSR count). The molecule has 1 spiro atoms. The van der Waals surface area contributed by atoms with Crippen LogP contribution in [0.15, 0.2) is 42.0 Å². The van der Waals surface area contributed by atoms with E-state index in [0.29, 0.717) is 35.2 Å². The molecule has 0 radical (unpaired) electrons. The van der Waals surface area contributed by atoms with E-state index in [1.807, 2.05) is 24.0 Å². The van der Waals surface area contributed by atoms with Gasteiger partial charge in [-0.3, -0.25) is 9.59 Å². The summed E-state index contributed by atoms with van der Waals surface area (Å²) in [4.78, 5) is 30.6. The molecule has 2 saturated heterocycles. The summed E-state index contributed by atoms with van der Waals surface area (Å²) in [6.45, 7) is 4.93. The molecule has 39 heavy (non-hydrogen) atoms. The minimum atomic E-state index is 0.0445. The molecule has 1 aliphatic carbocycles. The SMILES string of the molecule is COc1cc(OC)c(OC)cc1C=C(C)C(=O)N1CCC2(CCN(C(=O)CC3Cc4ccccc4C3)CC2)C1. The van der Waals surface area contributed by atoms with E-state index in [9.17, 15) is 9.59 Å². The van der Waals surface area contributed by atoms with Crippen LogP contribution in [0.4, 0.5) is 0 Å². The highest BCUT2D eigenvalue weighted by Gasteiger charge is 2.43. The number of carbonyl (C=O) groups excluding carboxylic acids is 2. The number of carbonyl (C=O) groups is 2. The minimum Gasteiger partial charge on any atom is -0.496 e. The monoisotopic (exact) mass is 532 g/mol. The number of fused-ring (bicyclic) bond motifs is 1. The second-order valence-corrected chi connectivity index (χ2v) is 11.4. The zero-order chi connectivity index (χ0) is 27.6. The average molecular weight is 533 g/mol. The number of rotatable bonds is 7. The molecular weight excluding hydrogens is 492 g/mol. The minimum absolute atomic E-state index is 0.0445. The molecule has 2 aromatic rings. The Balaban J connectivity index is 1.16. The van der Waals surface area contributed by atoms with Gasteiger partial charge < -0.3 is 24.0 Å². The highest BCUT2D eigenvalue weighted by molar-refractivity contribution is 5.98. The molecule has 7 nitrogen and oxygen atoms in total. The lowest BCUT2D eigenvalue weighted by atomic mass is 9.77. The molecule has 0 unspecified atom stereocenters. The third-order valence-electron chi connectivity index (χ3n) is 8.95. The summed E-state index contributed by atoms with van der Waals surface area (Å²) in [7, 11) is 4.77. The largest absolute Gasteiger partial charge is 0.496 e. The van der Waals surface area contributed by atoms with Crippen LogP contribution in [0.25, 0.3) is 6.08 Å². The Morgan fingerprint density at radius 2 is 1.44 bits per heavy atom. The molecule has 2 fully saturated rings. The van der Waals surface area contributed by atoms with Gasteiger partial charge in [-0.1, -0.05) is 24.3 Å². The molecule has 2 heterocycles. The maximum Gasteiger partial charge on any atom is 0.249 e. The van der Waals surface area contributed by atoms with Gasteiger partial charge in [0.05, 0.1) is 21.3 Å². The van der Waals surface area contributed by atoms with Crippen molar-refractivity contribution in [3.63, 3.8) is 0 Å². The molecule has 208 valence electrons. The average Bonchev–Trinajstić information content (AvgIpc) is 3.56. The van der Waals surface area contributed by atoms with Crippen LogP contribution in [-0.2, 0) is 22.4 Å². The molecule has 0 aromatic heterocycles. The number of benzene rings is 2. The van der Waals surface area contributed by atoms with Crippen molar-refractivity contribution in [2.75, 3.05) is 47.5 Å². The highest BCUT2D eigenvalue weighted by atomic mass is 16.5. The van der Waals surface area contributed by atoms with Gasteiger partial charge in [0, 0.05) is 49.8 Å². The van der Waals surface area contributed by atoms with Gasteiger partial charge in [0.15, 0.2) is 11.5 Å². The lowest BCUT2D eigenvalue weighted by Gasteiger charge is -2.39. The number of hydrogen-bond acceptors (Lipinski definition) is 5. The number of methoxy groups -OCH3 is 3. The van der Waals surface area contributed by atoms with Crippen LogP contribution >= 0.6 is 0 Å². The summed E-state index contributed by atoms with van der Waals surface area (Å²) in [5, 5.41) is 0. The second kappa shape index (κ2) is 11.3. The van der Waals surface area contributed by atoms with Crippen molar-refractivity contribution in [1.82, 2.24) is 9.80 Å². The van der Waals surface area contributed by atoms with Crippen molar-refractivity contribution in [1.29, 1.82) is 0 Å². The first kappa shape index (κ1) is 27.1. The van der Waals surface area contributed by atoms with E-state index >= 15 is 0 Å². The number of piperidine rings is 1. The van der Waals surface area contributed by atoms with E-state index in [0.717, 1.165) is 63.8 Å². The Bertz CT molecular complexity index is 1240. The fourth-order valence-corrected chi connectivity index (χ4v) is 6.63. The van der Waals surface area contributed by atoms with Gasteiger partial charge >= 0.3 is 0 Å².